The number of oxime groups is 1. The van der Waals surface area contributed by atoms with Gasteiger partial charge in [-0.15, -0.1) is 0 Å². The number of rotatable bonds is 4. The standard InChI is InChI=1S/C30H36ClN3O3/c1-30-13-12-22-21-10-8-20(31)14-17(21)6-9-23(22)28(30)19(16-26(30)34-37)7-11-27(35)32-25-15-18-4-2-3-5-24(18)33-29(25)36/h8,10,14-15,19,22-23,28,37H,2-7,9,11-13,16H2,1H3,(H,32,35)(H,33,36)/b34-26+/t19-,22?,23?,28?,30-/m1/s1. The number of aromatic amines is 1. The number of aryl methyl sites for hydroxylation is 3. The van der Waals surface area contributed by atoms with E-state index in [0.29, 0.717) is 29.9 Å². The molecule has 0 saturated heterocycles. The van der Waals surface area contributed by atoms with Crippen LogP contribution in [0.5, 0.6) is 0 Å². The summed E-state index contributed by atoms with van der Waals surface area (Å²) in [7, 11) is 0. The van der Waals surface area contributed by atoms with E-state index in [-0.39, 0.29) is 22.8 Å². The fourth-order valence-electron chi connectivity index (χ4n) is 8.35. The van der Waals surface area contributed by atoms with Crippen LogP contribution in [0.15, 0.2) is 34.2 Å². The number of halogens is 1. The van der Waals surface area contributed by atoms with Crippen LogP contribution in [0.25, 0.3) is 0 Å². The van der Waals surface area contributed by atoms with E-state index in [1.165, 1.54) is 11.1 Å². The number of H-pyrrole nitrogens is 1. The molecule has 2 aromatic rings. The maximum atomic E-state index is 13.0. The molecule has 7 heteroatoms. The number of fused-ring (bicyclic) bond motifs is 6. The Hall–Kier alpha value is -2.60. The Labute approximate surface area is 222 Å². The Morgan fingerprint density at radius 3 is 2.86 bits per heavy atom. The number of amides is 1. The van der Waals surface area contributed by atoms with Crippen molar-refractivity contribution in [3.63, 3.8) is 0 Å². The van der Waals surface area contributed by atoms with Gasteiger partial charge in [0.25, 0.3) is 5.56 Å². The van der Waals surface area contributed by atoms with E-state index in [9.17, 15) is 14.8 Å². The summed E-state index contributed by atoms with van der Waals surface area (Å²) in [6.07, 6.45) is 10.1. The van der Waals surface area contributed by atoms with E-state index >= 15 is 0 Å². The number of aromatic nitrogens is 1. The molecule has 1 aromatic heterocycles. The number of anilines is 1. The van der Waals surface area contributed by atoms with Gasteiger partial charge >= 0.3 is 0 Å². The summed E-state index contributed by atoms with van der Waals surface area (Å²) in [5.41, 5.74) is 5.87. The zero-order valence-corrected chi connectivity index (χ0v) is 22.2. The second kappa shape index (κ2) is 9.61. The number of nitrogens with zero attached hydrogens (tertiary/aromatic N) is 1. The van der Waals surface area contributed by atoms with Crippen molar-refractivity contribution < 1.29 is 10.0 Å². The fraction of sp³-hybridized carbons (Fsp3) is 0.567. The normalized spacial score (nSPS) is 31.2. The van der Waals surface area contributed by atoms with E-state index in [1.54, 1.807) is 0 Å². The Balaban J connectivity index is 1.19. The molecule has 4 aliphatic carbocycles. The summed E-state index contributed by atoms with van der Waals surface area (Å²) in [4.78, 5) is 28.5. The van der Waals surface area contributed by atoms with Gasteiger partial charge in [-0.1, -0.05) is 29.7 Å². The van der Waals surface area contributed by atoms with Crippen LogP contribution in [0.1, 0.15) is 86.6 Å². The first kappa shape index (κ1) is 24.7. The second-order valence-corrected chi connectivity index (χ2v) is 12.4. The molecular formula is C30H36ClN3O3. The first-order valence-electron chi connectivity index (χ1n) is 13.9. The molecule has 0 spiro atoms. The molecule has 2 saturated carbocycles. The summed E-state index contributed by atoms with van der Waals surface area (Å²) < 4.78 is 0. The van der Waals surface area contributed by atoms with Gasteiger partial charge in [0, 0.05) is 22.6 Å². The predicted octanol–water partition coefficient (Wildman–Crippen LogP) is 6.24. The largest absolute Gasteiger partial charge is 0.411 e. The third-order valence-electron chi connectivity index (χ3n) is 10.0. The van der Waals surface area contributed by atoms with Crippen LogP contribution in [0, 0.1) is 23.2 Å². The van der Waals surface area contributed by atoms with E-state index in [1.807, 2.05) is 12.1 Å². The molecule has 2 fully saturated rings. The summed E-state index contributed by atoms with van der Waals surface area (Å²) in [5.74, 6) is 1.53. The van der Waals surface area contributed by atoms with Crippen molar-refractivity contribution in [2.24, 2.45) is 28.3 Å². The molecule has 3 N–H and O–H groups in total. The highest BCUT2D eigenvalue weighted by molar-refractivity contribution is 6.30. The SMILES string of the molecule is C[C@]12CCC3c4ccc(Cl)cc4CCC3C1[C@H](CCC(=O)Nc1cc3c([nH]c1=O)CCCC3)C/C2=N\O. The first-order valence-corrected chi connectivity index (χ1v) is 14.3. The summed E-state index contributed by atoms with van der Waals surface area (Å²) in [6.45, 7) is 2.27. The zero-order valence-electron chi connectivity index (χ0n) is 21.5. The van der Waals surface area contributed by atoms with E-state index in [4.69, 9.17) is 11.6 Å². The molecule has 1 aromatic carbocycles. The second-order valence-electron chi connectivity index (χ2n) is 12.0. The van der Waals surface area contributed by atoms with Gasteiger partial charge in [0.05, 0.1) is 5.71 Å². The van der Waals surface area contributed by atoms with Gasteiger partial charge in [-0.3, -0.25) is 9.59 Å². The van der Waals surface area contributed by atoms with Gasteiger partial charge in [0.15, 0.2) is 0 Å². The number of hydrogen-bond donors (Lipinski definition) is 3. The number of carbonyl (C=O) groups excluding carboxylic acids is 1. The van der Waals surface area contributed by atoms with E-state index < -0.39 is 0 Å². The van der Waals surface area contributed by atoms with E-state index in [0.717, 1.165) is 86.2 Å². The highest BCUT2D eigenvalue weighted by Crippen LogP contribution is 2.62. The lowest BCUT2D eigenvalue weighted by Gasteiger charge is -2.50. The molecular weight excluding hydrogens is 486 g/mol. The Morgan fingerprint density at radius 1 is 1.19 bits per heavy atom. The minimum Gasteiger partial charge on any atom is -0.411 e. The monoisotopic (exact) mass is 521 g/mol. The molecule has 1 amide bonds. The van der Waals surface area contributed by atoms with Crippen LogP contribution in [0.4, 0.5) is 5.69 Å². The van der Waals surface area contributed by atoms with Crippen molar-refractivity contribution in [3.05, 3.63) is 62.0 Å². The third kappa shape index (κ3) is 4.31. The Kier molecular flexibility index (Phi) is 6.42. The molecule has 0 radical (unpaired) electrons. The van der Waals surface area contributed by atoms with Gasteiger partial charge in [-0.2, -0.15) is 0 Å². The van der Waals surface area contributed by atoms with Crippen molar-refractivity contribution in [1.29, 1.82) is 0 Å². The van der Waals surface area contributed by atoms with Crippen molar-refractivity contribution in [2.75, 3.05) is 5.32 Å². The molecule has 37 heavy (non-hydrogen) atoms. The maximum Gasteiger partial charge on any atom is 0.271 e. The first-order chi connectivity index (χ1) is 17.9. The van der Waals surface area contributed by atoms with Crippen molar-refractivity contribution in [1.82, 2.24) is 4.98 Å². The molecule has 196 valence electrons. The lowest BCUT2D eigenvalue weighted by atomic mass is 9.54. The average Bonchev–Trinajstić information content (AvgIpc) is 3.19. The minimum atomic E-state index is -0.215. The van der Waals surface area contributed by atoms with Crippen LogP contribution < -0.4 is 10.9 Å². The lowest BCUT2D eigenvalue weighted by Crippen LogP contribution is -2.44. The predicted molar refractivity (Wildman–Crippen MR) is 146 cm³/mol. The Bertz CT molecular complexity index is 1320. The number of nitrogens with one attached hydrogen (secondary N) is 2. The quantitative estimate of drug-likeness (QED) is 0.328. The number of pyridine rings is 1. The van der Waals surface area contributed by atoms with Crippen LogP contribution in [0.3, 0.4) is 0 Å². The van der Waals surface area contributed by atoms with Gasteiger partial charge in [-0.05, 0) is 123 Å². The van der Waals surface area contributed by atoms with Crippen molar-refractivity contribution >= 4 is 28.9 Å². The molecule has 6 rings (SSSR count). The van der Waals surface area contributed by atoms with Gasteiger partial charge in [-0.25, -0.2) is 0 Å². The van der Waals surface area contributed by atoms with Crippen LogP contribution >= 0.6 is 11.6 Å². The van der Waals surface area contributed by atoms with Crippen LogP contribution in [0.2, 0.25) is 5.02 Å². The van der Waals surface area contributed by atoms with Crippen LogP contribution in [-0.2, 0) is 24.1 Å². The number of carbonyl (C=O) groups is 1. The Morgan fingerprint density at radius 2 is 2.03 bits per heavy atom. The minimum absolute atomic E-state index is 0.117. The molecule has 1 heterocycles. The highest BCUT2D eigenvalue weighted by atomic mass is 35.5. The molecule has 4 aliphatic rings. The summed E-state index contributed by atoms with van der Waals surface area (Å²) in [5, 5.41) is 17.4. The summed E-state index contributed by atoms with van der Waals surface area (Å²) >= 11 is 6.29. The lowest BCUT2D eigenvalue weighted by molar-refractivity contribution is -0.116. The van der Waals surface area contributed by atoms with Crippen LogP contribution in [-0.4, -0.2) is 21.8 Å². The molecule has 0 aliphatic heterocycles. The number of benzene rings is 1. The molecule has 3 unspecified atom stereocenters. The smallest absolute Gasteiger partial charge is 0.271 e. The average molecular weight is 522 g/mol. The topological polar surface area (TPSA) is 94.5 Å². The molecule has 0 bridgehead atoms. The zero-order chi connectivity index (χ0) is 25.7. The maximum absolute atomic E-state index is 13.0. The molecule has 5 atom stereocenters. The molecule has 6 nitrogen and oxygen atoms in total. The van der Waals surface area contributed by atoms with Gasteiger partial charge in [0.1, 0.15) is 5.69 Å². The van der Waals surface area contributed by atoms with E-state index in [2.05, 4.69) is 34.5 Å². The van der Waals surface area contributed by atoms with Gasteiger partial charge in [0.2, 0.25) is 5.91 Å². The third-order valence-corrected chi connectivity index (χ3v) is 10.3. The fourth-order valence-corrected chi connectivity index (χ4v) is 8.54. The van der Waals surface area contributed by atoms with Crippen molar-refractivity contribution in [2.45, 2.75) is 83.5 Å². The van der Waals surface area contributed by atoms with Gasteiger partial charge < -0.3 is 15.5 Å². The summed E-state index contributed by atoms with van der Waals surface area (Å²) in [6, 6.07) is 8.22. The highest BCUT2D eigenvalue weighted by Gasteiger charge is 2.57. The van der Waals surface area contributed by atoms with Crippen molar-refractivity contribution in [3.8, 4) is 0 Å². The number of hydrogen-bond acceptors (Lipinski definition) is 4.